The Bertz CT molecular complexity index is 719. The predicted molar refractivity (Wildman–Crippen MR) is 91.6 cm³/mol. The second kappa shape index (κ2) is 8.37. The number of hydrogen-bond acceptors (Lipinski definition) is 4. The summed E-state index contributed by atoms with van der Waals surface area (Å²) < 4.78 is 6.17. The Morgan fingerprint density at radius 1 is 1.35 bits per heavy atom. The number of ether oxygens (including phenoxy) is 1. The molecular formula is C17H15ClN2O2S. The normalized spacial score (nSPS) is 9.91. The average molecular weight is 347 g/mol. The SMILES string of the molecule is C=CCN(Cc1ccc(Cl)s1)C(=O)COc1ccc(C#N)cc1. The molecule has 0 aliphatic heterocycles. The van der Waals surface area contributed by atoms with Crippen molar-refractivity contribution < 1.29 is 9.53 Å². The van der Waals surface area contributed by atoms with Crippen LogP contribution in [0.1, 0.15) is 10.4 Å². The maximum atomic E-state index is 12.3. The van der Waals surface area contributed by atoms with Crippen LogP contribution in [-0.4, -0.2) is 24.0 Å². The van der Waals surface area contributed by atoms with Crippen LogP contribution in [0.3, 0.4) is 0 Å². The van der Waals surface area contributed by atoms with Crippen molar-refractivity contribution >= 4 is 28.8 Å². The highest BCUT2D eigenvalue weighted by atomic mass is 35.5. The van der Waals surface area contributed by atoms with Gasteiger partial charge in [0.15, 0.2) is 6.61 Å². The number of carbonyl (C=O) groups excluding carboxylic acids is 1. The van der Waals surface area contributed by atoms with Gasteiger partial charge in [-0.2, -0.15) is 5.26 Å². The summed E-state index contributed by atoms with van der Waals surface area (Å²) in [6.45, 7) is 4.52. The van der Waals surface area contributed by atoms with Crippen molar-refractivity contribution in [2.45, 2.75) is 6.54 Å². The van der Waals surface area contributed by atoms with Gasteiger partial charge in [0.05, 0.1) is 22.5 Å². The van der Waals surface area contributed by atoms with E-state index in [1.807, 2.05) is 18.2 Å². The van der Waals surface area contributed by atoms with Gasteiger partial charge in [-0.3, -0.25) is 4.79 Å². The summed E-state index contributed by atoms with van der Waals surface area (Å²) in [5, 5.41) is 8.75. The fourth-order valence-electron chi connectivity index (χ4n) is 1.90. The molecule has 0 aliphatic carbocycles. The van der Waals surface area contributed by atoms with Crippen LogP contribution in [-0.2, 0) is 11.3 Å². The molecule has 0 unspecified atom stereocenters. The Hall–Kier alpha value is -2.29. The summed E-state index contributed by atoms with van der Waals surface area (Å²) >= 11 is 7.36. The van der Waals surface area contributed by atoms with Gasteiger partial charge in [0.25, 0.3) is 5.91 Å². The fourth-order valence-corrected chi connectivity index (χ4v) is 3.00. The number of thiophene rings is 1. The Morgan fingerprint density at radius 3 is 2.65 bits per heavy atom. The summed E-state index contributed by atoms with van der Waals surface area (Å²) in [7, 11) is 0. The van der Waals surface area contributed by atoms with Crippen molar-refractivity contribution in [1.29, 1.82) is 5.26 Å². The first-order chi connectivity index (χ1) is 11.1. The first-order valence-corrected chi connectivity index (χ1v) is 8.07. The Kier molecular flexibility index (Phi) is 6.21. The highest BCUT2D eigenvalue weighted by molar-refractivity contribution is 7.16. The van der Waals surface area contributed by atoms with Gasteiger partial charge in [0.2, 0.25) is 0 Å². The molecule has 0 radical (unpaired) electrons. The van der Waals surface area contributed by atoms with E-state index in [0.717, 1.165) is 4.88 Å². The van der Waals surface area contributed by atoms with Gasteiger partial charge in [-0.15, -0.1) is 17.9 Å². The lowest BCUT2D eigenvalue weighted by atomic mass is 10.2. The van der Waals surface area contributed by atoms with Crippen molar-refractivity contribution in [3.63, 3.8) is 0 Å². The minimum Gasteiger partial charge on any atom is -0.484 e. The van der Waals surface area contributed by atoms with Crippen LogP contribution in [0.4, 0.5) is 0 Å². The highest BCUT2D eigenvalue weighted by Crippen LogP contribution is 2.22. The molecule has 2 aromatic rings. The summed E-state index contributed by atoms with van der Waals surface area (Å²) in [4.78, 5) is 15.0. The van der Waals surface area contributed by atoms with E-state index in [-0.39, 0.29) is 12.5 Å². The van der Waals surface area contributed by atoms with Gasteiger partial charge in [0, 0.05) is 11.4 Å². The van der Waals surface area contributed by atoms with Crippen LogP contribution in [0.5, 0.6) is 5.75 Å². The molecule has 0 saturated carbocycles. The molecule has 1 aromatic heterocycles. The molecular weight excluding hydrogens is 332 g/mol. The summed E-state index contributed by atoms with van der Waals surface area (Å²) in [5.74, 6) is 0.411. The first kappa shape index (κ1) is 17.1. The van der Waals surface area contributed by atoms with Crippen molar-refractivity contribution in [3.05, 3.63) is 63.8 Å². The molecule has 0 N–H and O–H groups in total. The smallest absolute Gasteiger partial charge is 0.261 e. The zero-order valence-corrected chi connectivity index (χ0v) is 13.9. The third-order valence-corrected chi connectivity index (χ3v) is 4.24. The minimum atomic E-state index is -0.140. The van der Waals surface area contributed by atoms with E-state index in [4.69, 9.17) is 21.6 Å². The lowest BCUT2D eigenvalue weighted by Gasteiger charge is -2.20. The molecule has 23 heavy (non-hydrogen) atoms. The van der Waals surface area contributed by atoms with Gasteiger partial charge in [-0.05, 0) is 36.4 Å². The minimum absolute atomic E-state index is 0.0706. The van der Waals surface area contributed by atoms with Gasteiger partial charge in [-0.1, -0.05) is 17.7 Å². The quantitative estimate of drug-likeness (QED) is 0.715. The summed E-state index contributed by atoms with van der Waals surface area (Å²) in [6.07, 6.45) is 1.68. The molecule has 118 valence electrons. The van der Waals surface area contributed by atoms with E-state index in [9.17, 15) is 4.79 Å². The number of carbonyl (C=O) groups is 1. The summed E-state index contributed by atoms with van der Waals surface area (Å²) in [6, 6.07) is 12.4. The van der Waals surface area contributed by atoms with E-state index < -0.39 is 0 Å². The van der Waals surface area contributed by atoms with Gasteiger partial charge >= 0.3 is 0 Å². The third-order valence-electron chi connectivity index (χ3n) is 3.02. The van der Waals surface area contributed by atoms with E-state index in [2.05, 4.69) is 6.58 Å². The van der Waals surface area contributed by atoms with Crippen molar-refractivity contribution in [2.75, 3.05) is 13.2 Å². The van der Waals surface area contributed by atoms with Crippen LogP contribution in [0.25, 0.3) is 0 Å². The van der Waals surface area contributed by atoms with E-state index in [1.165, 1.54) is 11.3 Å². The molecule has 0 fully saturated rings. The maximum Gasteiger partial charge on any atom is 0.261 e. The monoisotopic (exact) mass is 346 g/mol. The molecule has 0 spiro atoms. The second-order valence-corrected chi connectivity index (χ2v) is 6.49. The van der Waals surface area contributed by atoms with Crippen LogP contribution in [0.2, 0.25) is 4.34 Å². The lowest BCUT2D eigenvalue weighted by Crippen LogP contribution is -2.34. The number of hydrogen-bond donors (Lipinski definition) is 0. The topological polar surface area (TPSA) is 53.3 Å². The fraction of sp³-hybridized carbons (Fsp3) is 0.176. The number of nitrogens with zero attached hydrogens (tertiary/aromatic N) is 2. The van der Waals surface area contributed by atoms with Crippen LogP contribution in [0, 0.1) is 11.3 Å². The molecule has 1 amide bonds. The summed E-state index contributed by atoms with van der Waals surface area (Å²) in [5.41, 5.74) is 0.548. The number of amides is 1. The Labute approximate surface area is 144 Å². The molecule has 0 aliphatic rings. The Balaban J connectivity index is 1.94. The zero-order valence-electron chi connectivity index (χ0n) is 12.4. The zero-order chi connectivity index (χ0) is 16.7. The van der Waals surface area contributed by atoms with Gasteiger partial charge < -0.3 is 9.64 Å². The molecule has 0 atom stereocenters. The molecule has 0 saturated heterocycles. The largest absolute Gasteiger partial charge is 0.484 e. The molecule has 2 rings (SSSR count). The van der Waals surface area contributed by atoms with Crippen molar-refractivity contribution in [2.24, 2.45) is 0 Å². The average Bonchev–Trinajstić information content (AvgIpc) is 2.97. The van der Waals surface area contributed by atoms with E-state index >= 15 is 0 Å². The molecule has 0 bridgehead atoms. The number of benzene rings is 1. The third kappa shape index (κ3) is 5.13. The van der Waals surface area contributed by atoms with Crippen molar-refractivity contribution in [1.82, 2.24) is 4.90 Å². The standard InChI is InChI=1S/C17H15ClN2O2S/c1-2-9-20(11-15-7-8-16(18)23-15)17(21)12-22-14-5-3-13(10-19)4-6-14/h2-8H,1,9,11-12H2. The van der Waals surface area contributed by atoms with Gasteiger partial charge in [-0.25, -0.2) is 0 Å². The Morgan fingerprint density at radius 2 is 2.09 bits per heavy atom. The van der Waals surface area contributed by atoms with Crippen LogP contribution < -0.4 is 4.74 Å². The number of nitriles is 1. The first-order valence-electron chi connectivity index (χ1n) is 6.88. The molecule has 4 nitrogen and oxygen atoms in total. The van der Waals surface area contributed by atoms with Crippen LogP contribution >= 0.6 is 22.9 Å². The molecule has 6 heteroatoms. The van der Waals surface area contributed by atoms with E-state index in [0.29, 0.717) is 28.7 Å². The number of halogens is 1. The van der Waals surface area contributed by atoms with E-state index in [1.54, 1.807) is 35.2 Å². The molecule has 1 heterocycles. The van der Waals surface area contributed by atoms with Crippen LogP contribution in [0.15, 0.2) is 49.1 Å². The highest BCUT2D eigenvalue weighted by Gasteiger charge is 2.14. The predicted octanol–water partition coefficient (Wildman–Crippen LogP) is 3.87. The second-order valence-electron chi connectivity index (χ2n) is 4.69. The maximum absolute atomic E-state index is 12.3. The van der Waals surface area contributed by atoms with Crippen molar-refractivity contribution in [3.8, 4) is 11.8 Å². The number of rotatable bonds is 7. The van der Waals surface area contributed by atoms with Gasteiger partial charge in [0.1, 0.15) is 5.75 Å². The molecule has 1 aromatic carbocycles. The lowest BCUT2D eigenvalue weighted by molar-refractivity contribution is -0.133.